The number of hydrogen-bond donors (Lipinski definition) is 1. The molecule has 142 valence electrons. The summed E-state index contributed by atoms with van der Waals surface area (Å²) in [5.41, 5.74) is 0.105. The second-order valence-corrected chi connectivity index (χ2v) is 6.31. The first-order valence-electron chi connectivity index (χ1n) is 8.58. The molecule has 0 aliphatic carbocycles. The zero-order chi connectivity index (χ0) is 19.3. The fourth-order valence-corrected chi connectivity index (χ4v) is 2.94. The summed E-state index contributed by atoms with van der Waals surface area (Å²) in [7, 11) is 0. The van der Waals surface area contributed by atoms with Gasteiger partial charge in [-0.25, -0.2) is 4.98 Å². The van der Waals surface area contributed by atoms with E-state index < -0.39 is 11.7 Å². The molecule has 1 aliphatic rings. The first-order chi connectivity index (χ1) is 12.9. The van der Waals surface area contributed by atoms with Crippen molar-refractivity contribution < 1.29 is 18.0 Å². The van der Waals surface area contributed by atoms with Crippen LogP contribution in [-0.4, -0.2) is 35.0 Å². The van der Waals surface area contributed by atoms with E-state index in [9.17, 15) is 18.0 Å². The Morgan fingerprint density at radius 2 is 2.00 bits per heavy atom. The highest BCUT2D eigenvalue weighted by Crippen LogP contribution is 2.29. The fourth-order valence-electron chi connectivity index (χ4n) is 2.94. The number of nitrogens with zero attached hydrogens (tertiary/aromatic N) is 3. The van der Waals surface area contributed by atoms with Gasteiger partial charge in [0.05, 0.1) is 5.56 Å². The van der Waals surface area contributed by atoms with E-state index >= 15 is 0 Å². The van der Waals surface area contributed by atoms with Gasteiger partial charge in [-0.1, -0.05) is 0 Å². The molecule has 1 atom stereocenters. The van der Waals surface area contributed by atoms with Crippen LogP contribution in [0.25, 0.3) is 6.08 Å². The van der Waals surface area contributed by atoms with E-state index in [1.165, 1.54) is 12.1 Å². The van der Waals surface area contributed by atoms with Crippen molar-refractivity contribution in [2.75, 3.05) is 18.0 Å². The molecular weight excluding hydrogens is 357 g/mol. The van der Waals surface area contributed by atoms with E-state index in [-0.39, 0.29) is 11.9 Å². The zero-order valence-electron chi connectivity index (χ0n) is 14.5. The summed E-state index contributed by atoms with van der Waals surface area (Å²) >= 11 is 0. The van der Waals surface area contributed by atoms with Gasteiger partial charge in [-0.3, -0.25) is 9.78 Å². The molecule has 1 saturated heterocycles. The van der Waals surface area contributed by atoms with E-state index in [4.69, 9.17) is 0 Å². The number of hydrogen-bond acceptors (Lipinski definition) is 4. The first kappa shape index (κ1) is 18.9. The number of aromatic nitrogens is 2. The number of carbonyl (C=O) groups excluding carboxylic acids is 1. The number of rotatable bonds is 4. The van der Waals surface area contributed by atoms with Gasteiger partial charge in [0.2, 0.25) is 5.91 Å². The Bertz CT molecular complexity index is 791. The van der Waals surface area contributed by atoms with Crippen molar-refractivity contribution in [2.45, 2.75) is 25.1 Å². The average molecular weight is 376 g/mol. The highest BCUT2D eigenvalue weighted by Gasteiger charge is 2.31. The van der Waals surface area contributed by atoms with Crippen LogP contribution in [0.3, 0.4) is 0 Å². The number of halogens is 3. The third-order valence-corrected chi connectivity index (χ3v) is 4.30. The van der Waals surface area contributed by atoms with Gasteiger partial charge in [-0.2, -0.15) is 13.2 Å². The van der Waals surface area contributed by atoms with Crippen LogP contribution < -0.4 is 10.2 Å². The summed E-state index contributed by atoms with van der Waals surface area (Å²) in [6, 6.07) is 5.90. The lowest BCUT2D eigenvalue weighted by atomic mass is 10.1. The second kappa shape index (κ2) is 8.20. The molecule has 2 aromatic heterocycles. The highest BCUT2D eigenvalue weighted by molar-refractivity contribution is 5.91. The van der Waals surface area contributed by atoms with Gasteiger partial charge in [-0.05, 0) is 48.7 Å². The normalized spacial score (nSPS) is 17.9. The SMILES string of the molecule is O=C(/C=C/c1ccncc1)N[C@H]1CCCN(c2ccc(C(F)(F)F)cn2)C1. The van der Waals surface area contributed by atoms with Crippen LogP contribution in [0.1, 0.15) is 24.0 Å². The van der Waals surface area contributed by atoms with Crippen LogP contribution in [0.15, 0.2) is 48.9 Å². The Hall–Kier alpha value is -2.90. The van der Waals surface area contributed by atoms with Gasteiger partial charge in [0.1, 0.15) is 5.82 Å². The maximum atomic E-state index is 12.7. The number of amides is 1. The van der Waals surface area contributed by atoms with Crippen molar-refractivity contribution in [1.82, 2.24) is 15.3 Å². The zero-order valence-corrected chi connectivity index (χ0v) is 14.5. The molecule has 1 aliphatic heterocycles. The van der Waals surface area contributed by atoms with Crippen molar-refractivity contribution >= 4 is 17.8 Å². The number of carbonyl (C=O) groups is 1. The third kappa shape index (κ3) is 5.29. The summed E-state index contributed by atoms with van der Waals surface area (Å²) in [5, 5.41) is 2.93. The predicted molar refractivity (Wildman–Crippen MR) is 95.9 cm³/mol. The second-order valence-electron chi connectivity index (χ2n) is 6.31. The van der Waals surface area contributed by atoms with E-state index in [1.807, 2.05) is 4.90 Å². The molecule has 1 amide bonds. The van der Waals surface area contributed by atoms with Crippen LogP contribution in [-0.2, 0) is 11.0 Å². The molecule has 3 rings (SSSR count). The molecule has 0 aromatic carbocycles. The van der Waals surface area contributed by atoms with Crippen LogP contribution in [0, 0.1) is 0 Å². The van der Waals surface area contributed by atoms with Crippen LogP contribution in [0.2, 0.25) is 0 Å². The molecule has 1 fully saturated rings. The number of pyridine rings is 2. The van der Waals surface area contributed by atoms with Gasteiger partial charge >= 0.3 is 6.18 Å². The third-order valence-electron chi connectivity index (χ3n) is 4.30. The Labute approximate surface area is 154 Å². The van der Waals surface area contributed by atoms with Crippen molar-refractivity contribution in [3.8, 4) is 0 Å². The van der Waals surface area contributed by atoms with Crippen LogP contribution in [0.4, 0.5) is 19.0 Å². The minimum absolute atomic E-state index is 0.0857. The monoisotopic (exact) mass is 376 g/mol. The Balaban J connectivity index is 1.57. The lowest BCUT2D eigenvalue weighted by Gasteiger charge is -2.33. The van der Waals surface area contributed by atoms with Gasteiger partial charge < -0.3 is 10.2 Å². The largest absolute Gasteiger partial charge is 0.417 e. The molecule has 0 unspecified atom stereocenters. The smallest absolute Gasteiger partial charge is 0.355 e. The van der Waals surface area contributed by atoms with Crippen molar-refractivity contribution in [3.05, 3.63) is 60.1 Å². The van der Waals surface area contributed by atoms with E-state index in [1.54, 1.807) is 30.6 Å². The molecule has 0 bridgehead atoms. The molecular formula is C19H19F3N4O. The molecule has 2 aromatic rings. The Kier molecular flexibility index (Phi) is 5.73. The van der Waals surface area contributed by atoms with Crippen molar-refractivity contribution in [2.24, 2.45) is 0 Å². The van der Waals surface area contributed by atoms with Gasteiger partial charge in [0.25, 0.3) is 0 Å². The van der Waals surface area contributed by atoms with Gasteiger partial charge in [0, 0.05) is 43.8 Å². The number of piperidine rings is 1. The van der Waals surface area contributed by atoms with Gasteiger partial charge in [0.15, 0.2) is 0 Å². The molecule has 3 heterocycles. The molecule has 0 radical (unpaired) electrons. The number of anilines is 1. The lowest BCUT2D eigenvalue weighted by molar-refractivity contribution is -0.137. The minimum Gasteiger partial charge on any atom is -0.355 e. The number of nitrogens with one attached hydrogen (secondary N) is 1. The van der Waals surface area contributed by atoms with E-state index in [0.717, 1.165) is 30.7 Å². The molecule has 1 N–H and O–H groups in total. The molecule has 27 heavy (non-hydrogen) atoms. The maximum absolute atomic E-state index is 12.7. The Morgan fingerprint density at radius 3 is 2.67 bits per heavy atom. The van der Waals surface area contributed by atoms with Gasteiger partial charge in [-0.15, -0.1) is 0 Å². The molecule has 5 nitrogen and oxygen atoms in total. The summed E-state index contributed by atoms with van der Waals surface area (Å²) in [5.74, 6) is 0.272. The molecule has 0 spiro atoms. The van der Waals surface area contributed by atoms with Crippen LogP contribution >= 0.6 is 0 Å². The van der Waals surface area contributed by atoms with E-state index in [2.05, 4.69) is 15.3 Å². The molecule has 8 heteroatoms. The fraction of sp³-hybridized carbons (Fsp3) is 0.316. The number of alkyl halides is 3. The predicted octanol–water partition coefficient (Wildman–Crippen LogP) is 3.29. The summed E-state index contributed by atoms with van der Waals surface area (Å²) < 4.78 is 38.0. The van der Waals surface area contributed by atoms with E-state index in [0.29, 0.717) is 18.9 Å². The summed E-state index contributed by atoms with van der Waals surface area (Å²) in [6.45, 7) is 1.20. The van der Waals surface area contributed by atoms with Crippen molar-refractivity contribution in [3.63, 3.8) is 0 Å². The topological polar surface area (TPSA) is 58.1 Å². The first-order valence-corrected chi connectivity index (χ1v) is 8.58. The Morgan fingerprint density at radius 1 is 1.22 bits per heavy atom. The lowest BCUT2D eigenvalue weighted by Crippen LogP contribution is -2.47. The van der Waals surface area contributed by atoms with Crippen molar-refractivity contribution in [1.29, 1.82) is 0 Å². The average Bonchev–Trinajstić information content (AvgIpc) is 2.67. The quantitative estimate of drug-likeness (QED) is 0.832. The highest BCUT2D eigenvalue weighted by atomic mass is 19.4. The van der Waals surface area contributed by atoms with Crippen LogP contribution in [0.5, 0.6) is 0 Å². The summed E-state index contributed by atoms with van der Waals surface area (Å²) in [6.07, 6.45) is 4.54. The minimum atomic E-state index is -4.40. The summed E-state index contributed by atoms with van der Waals surface area (Å²) in [4.78, 5) is 21.8. The maximum Gasteiger partial charge on any atom is 0.417 e. The molecule has 0 saturated carbocycles. The standard InChI is InChI=1S/C19H19F3N4O/c20-19(21,22)15-4-5-17(24-12-15)26-11-1-2-16(13-26)25-18(27)6-3-14-7-9-23-10-8-14/h3-10,12,16H,1-2,11,13H2,(H,25,27)/b6-3+/t16-/m0/s1.